The highest BCUT2D eigenvalue weighted by molar-refractivity contribution is 5.30. The van der Waals surface area contributed by atoms with Gasteiger partial charge in [-0.2, -0.15) is 5.10 Å². The summed E-state index contributed by atoms with van der Waals surface area (Å²) in [6.07, 6.45) is 0.901. The molecule has 0 aliphatic heterocycles. The van der Waals surface area contributed by atoms with Gasteiger partial charge < -0.3 is 9.84 Å². The number of nitrogens with zero attached hydrogens (tertiary/aromatic N) is 3. The number of rotatable bonds is 5. The van der Waals surface area contributed by atoms with Crippen LogP contribution in [0.1, 0.15) is 37.4 Å². The fraction of sp³-hybridized carbons (Fsp3) is 0.429. The third-order valence-corrected chi connectivity index (χ3v) is 3.07. The average molecular weight is 279 g/mol. The predicted molar refractivity (Wildman–Crippen MR) is 72.0 cm³/mol. The van der Waals surface area contributed by atoms with Gasteiger partial charge in [0.2, 0.25) is 0 Å². The number of aliphatic hydroxyl groups excluding tert-OH is 1. The molecule has 20 heavy (non-hydrogen) atoms. The number of aromatic nitrogens is 3. The number of benzene rings is 1. The Morgan fingerprint density at radius 3 is 2.75 bits per heavy atom. The number of ether oxygens (including phenoxy) is 1. The van der Waals surface area contributed by atoms with Crippen LogP contribution < -0.4 is 4.74 Å². The molecule has 1 heterocycles. The van der Waals surface area contributed by atoms with Crippen molar-refractivity contribution in [1.82, 2.24) is 14.8 Å². The molecule has 1 aromatic carbocycles. The van der Waals surface area contributed by atoms with E-state index < -0.39 is 11.9 Å². The van der Waals surface area contributed by atoms with Gasteiger partial charge in [-0.3, -0.25) is 0 Å². The maximum Gasteiger partial charge on any atom is 0.165 e. The molecule has 5 nitrogen and oxygen atoms in total. The van der Waals surface area contributed by atoms with E-state index in [1.807, 2.05) is 13.8 Å². The number of hydrogen-bond donors (Lipinski definition) is 1. The third-order valence-electron chi connectivity index (χ3n) is 3.07. The summed E-state index contributed by atoms with van der Waals surface area (Å²) in [7, 11) is 1.40. The second-order valence-electron chi connectivity index (χ2n) is 4.83. The maximum atomic E-state index is 13.6. The molecule has 0 radical (unpaired) electrons. The zero-order valence-corrected chi connectivity index (χ0v) is 11.7. The van der Waals surface area contributed by atoms with Crippen LogP contribution in [-0.4, -0.2) is 27.0 Å². The van der Waals surface area contributed by atoms with Crippen LogP contribution in [-0.2, 0) is 6.42 Å². The summed E-state index contributed by atoms with van der Waals surface area (Å²) in [6, 6.07) is 4.58. The molecule has 1 atom stereocenters. The van der Waals surface area contributed by atoms with Crippen molar-refractivity contribution in [3.8, 4) is 5.75 Å². The minimum atomic E-state index is -0.836. The molecule has 0 amide bonds. The summed E-state index contributed by atoms with van der Waals surface area (Å²) in [5, 5.41) is 14.3. The molecule has 0 aliphatic carbocycles. The Kier molecular flexibility index (Phi) is 4.34. The topological polar surface area (TPSA) is 60.2 Å². The SMILES string of the molecule is COc1ccc(C(O)Cc2ncnn2C(C)C)cc1F. The Morgan fingerprint density at radius 1 is 1.40 bits per heavy atom. The van der Waals surface area contributed by atoms with E-state index in [1.54, 1.807) is 10.7 Å². The van der Waals surface area contributed by atoms with Gasteiger partial charge in [0.05, 0.1) is 13.2 Å². The molecule has 1 aromatic heterocycles. The summed E-state index contributed by atoms with van der Waals surface area (Å²) in [4.78, 5) is 4.13. The van der Waals surface area contributed by atoms with Gasteiger partial charge in [0, 0.05) is 12.5 Å². The van der Waals surface area contributed by atoms with Crippen molar-refractivity contribution in [2.24, 2.45) is 0 Å². The predicted octanol–water partition coefficient (Wildman–Crippen LogP) is 2.28. The lowest BCUT2D eigenvalue weighted by Gasteiger charge is -2.14. The maximum absolute atomic E-state index is 13.6. The molecular formula is C14H18FN3O2. The van der Waals surface area contributed by atoms with Crippen LogP contribution in [0, 0.1) is 5.82 Å². The highest BCUT2D eigenvalue weighted by Gasteiger charge is 2.16. The normalized spacial score (nSPS) is 12.7. The van der Waals surface area contributed by atoms with Crippen molar-refractivity contribution in [2.45, 2.75) is 32.4 Å². The lowest BCUT2D eigenvalue weighted by Crippen LogP contribution is -2.12. The average Bonchev–Trinajstić information content (AvgIpc) is 2.86. The van der Waals surface area contributed by atoms with Gasteiger partial charge in [-0.15, -0.1) is 0 Å². The van der Waals surface area contributed by atoms with E-state index in [2.05, 4.69) is 10.1 Å². The Morgan fingerprint density at radius 2 is 2.15 bits per heavy atom. The van der Waals surface area contributed by atoms with Crippen LogP contribution in [0.5, 0.6) is 5.75 Å². The van der Waals surface area contributed by atoms with Gasteiger partial charge >= 0.3 is 0 Å². The van der Waals surface area contributed by atoms with E-state index in [9.17, 15) is 9.50 Å². The highest BCUT2D eigenvalue weighted by Crippen LogP contribution is 2.24. The molecule has 0 aliphatic rings. The lowest BCUT2D eigenvalue weighted by molar-refractivity contribution is 0.172. The quantitative estimate of drug-likeness (QED) is 0.912. The standard InChI is InChI=1S/C14H18FN3O2/c1-9(2)18-14(16-8-17-18)7-12(19)10-4-5-13(20-3)11(15)6-10/h4-6,8-9,12,19H,7H2,1-3H3. The van der Waals surface area contributed by atoms with Crippen molar-refractivity contribution >= 4 is 0 Å². The fourth-order valence-corrected chi connectivity index (χ4v) is 2.03. The molecule has 1 N–H and O–H groups in total. The summed E-state index contributed by atoms with van der Waals surface area (Å²) >= 11 is 0. The minimum Gasteiger partial charge on any atom is -0.494 e. The van der Waals surface area contributed by atoms with Crippen LogP contribution in [0.3, 0.4) is 0 Å². The molecule has 0 bridgehead atoms. The first-order chi connectivity index (χ1) is 9.52. The van der Waals surface area contributed by atoms with Crippen molar-refractivity contribution in [3.05, 3.63) is 41.7 Å². The fourth-order valence-electron chi connectivity index (χ4n) is 2.03. The monoisotopic (exact) mass is 279 g/mol. The molecule has 0 spiro atoms. The number of methoxy groups -OCH3 is 1. The van der Waals surface area contributed by atoms with E-state index in [1.165, 1.54) is 25.6 Å². The molecule has 0 saturated carbocycles. The second kappa shape index (κ2) is 6.00. The first-order valence-corrected chi connectivity index (χ1v) is 6.42. The molecule has 0 saturated heterocycles. The smallest absolute Gasteiger partial charge is 0.165 e. The van der Waals surface area contributed by atoms with E-state index >= 15 is 0 Å². The second-order valence-corrected chi connectivity index (χ2v) is 4.83. The molecule has 108 valence electrons. The van der Waals surface area contributed by atoms with E-state index in [0.29, 0.717) is 11.4 Å². The van der Waals surface area contributed by atoms with E-state index in [4.69, 9.17) is 4.74 Å². The Bertz CT molecular complexity index is 584. The highest BCUT2D eigenvalue weighted by atomic mass is 19.1. The zero-order valence-electron chi connectivity index (χ0n) is 11.7. The Labute approximate surface area is 117 Å². The first kappa shape index (κ1) is 14.5. The van der Waals surface area contributed by atoms with Crippen LogP contribution in [0.2, 0.25) is 0 Å². The van der Waals surface area contributed by atoms with Crippen molar-refractivity contribution in [1.29, 1.82) is 0 Å². The molecule has 2 aromatic rings. The molecular weight excluding hydrogens is 261 g/mol. The van der Waals surface area contributed by atoms with Gasteiger partial charge in [-0.25, -0.2) is 14.1 Å². The Hall–Kier alpha value is -1.95. The number of hydrogen-bond acceptors (Lipinski definition) is 4. The molecule has 2 rings (SSSR count). The summed E-state index contributed by atoms with van der Waals surface area (Å²) in [6.45, 7) is 3.97. The van der Waals surface area contributed by atoms with Crippen molar-refractivity contribution in [3.63, 3.8) is 0 Å². The van der Waals surface area contributed by atoms with Gasteiger partial charge in [0.15, 0.2) is 11.6 Å². The summed E-state index contributed by atoms with van der Waals surface area (Å²) in [5.74, 6) is 0.337. The van der Waals surface area contributed by atoms with Crippen LogP contribution in [0.4, 0.5) is 4.39 Å². The Balaban J connectivity index is 2.17. The first-order valence-electron chi connectivity index (χ1n) is 6.42. The zero-order chi connectivity index (χ0) is 14.7. The minimum absolute atomic E-state index is 0.159. The largest absolute Gasteiger partial charge is 0.494 e. The van der Waals surface area contributed by atoms with Gasteiger partial charge in [-0.05, 0) is 31.5 Å². The lowest BCUT2D eigenvalue weighted by atomic mass is 10.1. The summed E-state index contributed by atoms with van der Waals surface area (Å²) in [5.41, 5.74) is 0.488. The molecule has 1 unspecified atom stereocenters. The van der Waals surface area contributed by atoms with Gasteiger partial charge in [0.1, 0.15) is 12.2 Å². The number of aliphatic hydroxyl groups is 1. The molecule has 0 fully saturated rings. The van der Waals surface area contributed by atoms with Gasteiger partial charge in [-0.1, -0.05) is 6.07 Å². The van der Waals surface area contributed by atoms with Crippen molar-refractivity contribution in [2.75, 3.05) is 7.11 Å². The number of halogens is 1. The van der Waals surface area contributed by atoms with Crippen LogP contribution in [0.15, 0.2) is 24.5 Å². The molecule has 6 heteroatoms. The van der Waals surface area contributed by atoms with Crippen LogP contribution >= 0.6 is 0 Å². The van der Waals surface area contributed by atoms with Crippen LogP contribution in [0.25, 0.3) is 0 Å². The van der Waals surface area contributed by atoms with E-state index in [0.717, 1.165) is 0 Å². The summed E-state index contributed by atoms with van der Waals surface area (Å²) < 4.78 is 20.2. The third kappa shape index (κ3) is 2.96. The van der Waals surface area contributed by atoms with Gasteiger partial charge in [0.25, 0.3) is 0 Å². The van der Waals surface area contributed by atoms with Crippen molar-refractivity contribution < 1.29 is 14.2 Å². The van der Waals surface area contributed by atoms with E-state index in [-0.39, 0.29) is 18.2 Å².